The first kappa shape index (κ1) is 15.7. The average Bonchev–Trinajstić information content (AvgIpc) is 3.36. The van der Waals surface area contributed by atoms with Gasteiger partial charge in [-0.2, -0.15) is 0 Å². The third kappa shape index (κ3) is 1.53. The molecule has 2 bridgehead atoms. The Bertz CT molecular complexity index is 809. The van der Waals surface area contributed by atoms with Gasteiger partial charge in [0, 0.05) is 24.2 Å². The van der Waals surface area contributed by atoms with Crippen LogP contribution in [0.25, 0.3) is 0 Å². The number of ether oxygens (including phenoxy) is 1. The SMILES string of the molecule is C[C@@]12Oc3c(O)ccc4c3[C@@]13CCN(CC1CC1)[C@@H](C4)[C@]3(O)CCC2N. The zero-order chi connectivity index (χ0) is 17.9. The van der Waals surface area contributed by atoms with E-state index in [-0.39, 0.29) is 17.8 Å². The maximum atomic E-state index is 12.2. The summed E-state index contributed by atoms with van der Waals surface area (Å²) in [5, 5.41) is 22.7. The minimum absolute atomic E-state index is 0.121. The number of hydrogen-bond acceptors (Lipinski definition) is 5. The molecule has 4 N–H and O–H groups in total. The van der Waals surface area contributed by atoms with E-state index in [0.717, 1.165) is 43.8 Å². The smallest absolute Gasteiger partial charge is 0.166 e. The third-order valence-corrected chi connectivity index (χ3v) is 8.46. The van der Waals surface area contributed by atoms with Gasteiger partial charge in [0.2, 0.25) is 0 Å². The van der Waals surface area contributed by atoms with Crippen molar-refractivity contribution in [2.24, 2.45) is 11.7 Å². The molecule has 5 aliphatic rings. The Kier molecular flexibility index (Phi) is 2.76. The van der Waals surface area contributed by atoms with Crippen LogP contribution >= 0.6 is 0 Å². The highest BCUT2D eigenvalue weighted by Gasteiger charge is 2.77. The molecule has 0 radical (unpaired) electrons. The van der Waals surface area contributed by atoms with Gasteiger partial charge in [0.25, 0.3) is 0 Å². The number of nitrogens with zero attached hydrogens (tertiary/aromatic N) is 1. The molecule has 0 amide bonds. The standard InChI is InChI=1S/C21H28N2O3/c1-19-15(22)6-7-21(25)16-10-13-4-5-14(24)18(26-19)17(13)20(19,21)8-9-23(16)11-12-2-3-12/h4-5,12,15-16,24-25H,2-3,6-11,22H2,1H3/t15?,16-,19-,20-,21+/m0/s1. The summed E-state index contributed by atoms with van der Waals surface area (Å²) in [5.74, 6) is 1.57. The summed E-state index contributed by atoms with van der Waals surface area (Å²) < 4.78 is 6.45. The molecule has 6 rings (SSSR count). The van der Waals surface area contributed by atoms with E-state index in [0.29, 0.717) is 12.2 Å². The second-order valence-corrected chi connectivity index (χ2v) is 9.54. The molecule has 2 heterocycles. The highest BCUT2D eigenvalue weighted by atomic mass is 16.5. The van der Waals surface area contributed by atoms with Crippen LogP contribution in [-0.2, 0) is 11.8 Å². The molecule has 1 unspecified atom stereocenters. The number of aromatic hydroxyl groups is 1. The van der Waals surface area contributed by atoms with Crippen LogP contribution in [0.15, 0.2) is 12.1 Å². The van der Waals surface area contributed by atoms with Gasteiger partial charge in [-0.1, -0.05) is 6.07 Å². The lowest BCUT2D eigenvalue weighted by Gasteiger charge is -2.67. The molecule has 3 fully saturated rings. The highest BCUT2D eigenvalue weighted by Crippen LogP contribution is 2.69. The van der Waals surface area contributed by atoms with Gasteiger partial charge in [-0.05, 0) is 69.5 Å². The lowest BCUT2D eigenvalue weighted by molar-refractivity contribution is -0.216. The van der Waals surface area contributed by atoms with E-state index in [1.165, 1.54) is 18.4 Å². The maximum absolute atomic E-state index is 12.2. The first-order valence-corrected chi connectivity index (χ1v) is 10.2. The Hall–Kier alpha value is -1.30. The number of benzene rings is 1. The Labute approximate surface area is 154 Å². The van der Waals surface area contributed by atoms with E-state index in [9.17, 15) is 10.2 Å². The topological polar surface area (TPSA) is 79.0 Å². The molecule has 3 aliphatic carbocycles. The number of phenolic OH excluding ortho intramolecular Hbond substituents is 1. The number of piperidine rings is 1. The molecule has 0 aromatic heterocycles. The summed E-state index contributed by atoms with van der Waals surface area (Å²) in [5.41, 5.74) is 6.87. The number of rotatable bonds is 2. The number of aliphatic hydroxyl groups is 1. The van der Waals surface area contributed by atoms with Gasteiger partial charge in [-0.25, -0.2) is 0 Å². The van der Waals surface area contributed by atoms with Crippen molar-refractivity contribution in [3.63, 3.8) is 0 Å². The van der Waals surface area contributed by atoms with Crippen LogP contribution in [0.3, 0.4) is 0 Å². The fourth-order valence-corrected chi connectivity index (χ4v) is 6.97. The monoisotopic (exact) mass is 356 g/mol. The number of phenols is 1. The van der Waals surface area contributed by atoms with E-state index in [1.807, 2.05) is 6.07 Å². The predicted octanol–water partition coefficient (Wildman–Crippen LogP) is 1.67. The van der Waals surface area contributed by atoms with Crippen LogP contribution in [0.4, 0.5) is 0 Å². The van der Waals surface area contributed by atoms with Gasteiger partial charge in [0.15, 0.2) is 11.5 Å². The Morgan fingerprint density at radius 1 is 1.27 bits per heavy atom. The second kappa shape index (κ2) is 4.57. The van der Waals surface area contributed by atoms with Gasteiger partial charge in [0.1, 0.15) is 5.60 Å². The van der Waals surface area contributed by atoms with Gasteiger partial charge < -0.3 is 20.7 Å². The number of likely N-dealkylation sites (tertiary alicyclic amines) is 1. The van der Waals surface area contributed by atoms with Crippen molar-refractivity contribution in [2.75, 3.05) is 13.1 Å². The molecular weight excluding hydrogens is 328 g/mol. The fraction of sp³-hybridized carbons (Fsp3) is 0.714. The van der Waals surface area contributed by atoms with Crippen LogP contribution in [-0.4, -0.2) is 51.5 Å². The van der Waals surface area contributed by atoms with Crippen molar-refractivity contribution in [1.29, 1.82) is 0 Å². The molecule has 2 aliphatic heterocycles. The fourth-order valence-electron chi connectivity index (χ4n) is 6.97. The number of hydrogen-bond donors (Lipinski definition) is 3. The molecule has 140 valence electrons. The van der Waals surface area contributed by atoms with Crippen molar-refractivity contribution in [1.82, 2.24) is 4.90 Å². The Balaban J connectivity index is 1.60. The summed E-state index contributed by atoms with van der Waals surface area (Å²) in [6.45, 7) is 4.15. The largest absolute Gasteiger partial charge is 0.504 e. The summed E-state index contributed by atoms with van der Waals surface area (Å²) in [6.07, 6.45) is 5.81. The maximum Gasteiger partial charge on any atom is 0.166 e. The molecule has 1 aromatic rings. The molecule has 26 heavy (non-hydrogen) atoms. The minimum Gasteiger partial charge on any atom is -0.504 e. The molecule has 2 saturated carbocycles. The minimum atomic E-state index is -0.837. The van der Waals surface area contributed by atoms with E-state index in [1.54, 1.807) is 6.07 Å². The van der Waals surface area contributed by atoms with Crippen molar-refractivity contribution in [3.05, 3.63) is 23.3 Å². The second-order valence-electron chi connectivity index (χ2n) is 9.54. The van der Waals surface area contributed by atoms with Gasteiger partial charge in [-0.15, -0.1) is 0 Å². The summed E-state index contributed by atoms with van der Waals surface area (Å²) in [7, 11) is 0. The van der Waals surface area contributed by atoms with Crippen LogP contribution in [0, 0.1) is 5.92 Å². The van der Waals surface area contributed by atoms with Gasteiger partial charge in [-0.3, -0.25) is 4.90 Å². The molecule has 1 aromatic carbocycles. The first-order chi connectivity index (χ1) is 12.4. The van der Waals surface area contributed by atoms with Crippen molar-refractivity contribution >= 4 is 0 Å². The lowest BCUT2D eigenvalue weighted by atomic mass is 9.44. The Morgan fingerprint density at radius 2 is 2.08 bits per heavy atom. The average molecular weight is 356 g/mol. The van der Waals surface area contributed by atoms with E-state index in [2.05, 4.69) is 11.8 Å². The summed E-state index contributed by atoms with van der Waals surface area (Å²) in [6, 6.07) is 3.77. The predicted molar refractivity (Wildman–Crippen MR) is 97.4 cm³/mol. The zero-order valence-corrected chi connectivity index (χ0v) is 15.4. The molecule has 1 spiro atoms. The van der Waals surface area contributed by atoms with Crippen molar-refractivity contribution in [2.45, 2.75) is 74.1 Å². The van der Waals surface area contributed by atoms with Crippen molar-refractivity contribution in [3.8, 4) is 11.5 Å². The summed E-state index contributed by atoms with van der Waals surface area (Å²) in [4.78, 5) is 2.55. The van der Waals surface area contributed by atoms with Crippen LogP contribution < -0.4 is 10.5 Å². The van der Waals surface area contributed by atoms with Crippen LogP contribution in [0.1, 0.15) is 50.2 Å². The molecule has 5 atom stereocenters. The van der Waals surface area contributed by atoms with Crippen molar-refractivity contribution < 1.29 is 14.9 Å². The van der Waals surface area contributed by atoms with Gasteiger partial charge >= 0.3 is 0 Å². The molecular formula is C21H28N2O3. The molecule has 5 heteroatoms. The van der Waals surface area contributed by atoms with E-state index in [4.69, 9.17) is 10.5 Å². The van der Waals surface area contributed by atoms with E-state index >= 15 is 0 Å². The first-order valence-electron chi connectivity index (χ1n) is 10.2. The van der Waals surface area contributed by atoms with Crippen LogP contribution in [0.2, 0.25) is 0 Å². The third-order valence-electron chi connectivity index (χ3n) is 8.46. The van der Waals surface area contributed by atoms with E-state index < -0.39 is 16.6 Å². The Morgan fingerprint density at radius 3 is 2.85 bits per heavy atom. The molecule has 1 saturated heterocycles. The van der Waals surface area contributed by atoms with Gasteiger partial charge in [0.05, 0.1) is 11.0 Å². The highest BCUT2D eigenvalue weighted by molar-refractivity contribution is 5.64. The normalized spacial score (nSPS) is 46.0. The zero-order valence-electron chi connectivity index (χ0n) is 15.4. The lowest BCUT2D eigenvalue weighted by Crippen LogP contribution is -2.81. The number of nitrogens with two attached hydrogens (primary N) is 1. The van der Waals surface area contributed by atoms with Crippen LogP contribution in [0.5, 0.6) is 11.5 Å². The molecule has 5 nitrogen and oxygen atoms in total. The quantitative estimate of drug-likeness (QED) is 0.751. The summed E-state index contributed by atoms with van der Waals surface area (Å²) >= 11 is 0.